The largest absolute Gasteiger partial charge is 0.354 e. The summed E-state index contributed by atoms with van der Waals surface area (Å²) in [5.41, 5.74) is 1.18. The first kappa shape index (κ1) is 13.8. The Morgan fingerprint density at radius 2 is 2.00 bits per heavy atom. The summed E-state index contributed by atoms with van der Waals surface area (Å²) in [6.07, 6.45) is 1.07. The van der Waals surface area contributed by atoms with Gasteiger partial charge in [-0.25, -0.2) is 0 Å². The number of hydrogen-bond acceptors (Lipinski definition) is 1. The second-order valence-electron chi connectivity index (χ2n) is 4.01. The molecule has 0 saturated carbocycles. The van der Waals surface area contributed by atoms with Crippen LogP contribution in [0, 0.1) is 0 Å². The molecule has 17 heavy (non-hydrogen) atoms. The Kier molecular flexibility index (Phi) is 5.84. The van der Waals surface area contributed by atoms with Crippen LogP contribution in [-0.4, -0.2) is 19.0 Å². The average Bonchev–Trinajstić information content (AvgIpc) is 2.36. The van der Waals surface area contributed by atoms with Crippen LogP contribution < -0.4 is 10.6 Å². The summed E-state index contributed by atoms with van der Waals surface area (Å²) in [6, 6.07) is 8.22. The van der Waals surface area contributed by atoms with Crippen molar-refractivity contribution < 1.29 is 0 Å². The van der Waals surface area contributed by atoms with Gasteiger partial charge < -0.3 is 10.6 Å². The zero-order valence-electron chi connectivity index (χ0n) is 10.6. The van der Waals surface area contributed by atoms with Gasteiger partial charge in [0.15, 0.2) is 5.96 Å². The van der Waals surface area contributed by atoms with E-state index in [-0.39, 0.29) is 0 Å². The van der Waals surface area contributed by atoms with Gasteiger partial charge in [-0.3, -0.25) is 4.99 Å². The highest BCUT2D eigenvalue weighted by Crippen LogP contribution is 2.08. The Labute approximate surface area is 108 Å². The van der Waals surface area contributed by atoms with E-state index < -0.39 is 0 Å². The van der Waals surface area contributed by atoms with Crippen LogP contribution in [-0.2, 0) is 6.54 Å². The van der Waals surface area contributed by atoms with E-state index >= 15 is 0 Å². The van der Waals surface area contributed by atoms with Crippen LogP contribution in [0.4, 0.5) is 0 Å². The number of nitrogens with one attached hydrogen (secondary N) is 2. The Morgan fingerprint density at radius 1 is 1.35 bits per heavy atom. The molecular weight excluding hydrogens is 234 g/mol. The lowest BCUT2D eigenvalue weighted by molar-refractivity contribution is 0.624. The van der Waals surface area contributed by atoms with E-state index in [9.17, 15) is 0 Å². The van der Waals surface area contributed by atoms with E-state index in [4.69, 9.17) is 11.6 Å². The average molecular weight is 254 g/mol. The van der Waals surface area contributed by atoms with E-state index in [0.717, 1.165) is 23.9 Å². The highest BCUT2D eigenvalue weighted by atomic mass is 35.5. The third-order valence-corrected chi connectivity index (χ3v) is 2.84. The van der Waals surface area contributed by atoms with Gasteiger partial charge in [-0.2, -0.15) is 0 Å². The summed E-state index contributed by atoms with van der Waals surface area (Å²) >= 11 is 5.83. The molecule has 0 fully saturated rings. The van der Waals surface area contributed by atoms with Crippen LogP contribution in [0.1, 0.15) is 25.8 Å². The Morgan fingerprint density at radius 3 is 2.53 bits per heavy atom. The molecule has 0 aliphatic rings. The fourth-order valence-electron chi connectivity index (χ4n) is 1.32. The zero-order chi connectivity index (χ0) is 12.7. The molecule has 0 aliphatic carbocycles. The summed E-state index contributed by atoms with van der Waals surface area (Å²) in [5.74, 6) is 0.828. The minimum atomic E-state index is 0.423. The molecule has 3 nitrogen and oxygen atoms in total. The fraction of sp³-hybridized carbons (Fsp3) is 0.462. The zero-order valence-corrected chi connectivity index (χ0v) is 11.4. The van der Waals surface area contributed by atoms with E-state index in [0.29, 0.717) is 6.04 Å². The van der Waals surface area contributed by atoms with Gasteiger partial charge in [0.1, 0.15) is 0 Å². The monoisotopic (exact) mass is 253 g/mol. The smallest absolute Gasteiger partial charge is 0.191 e. The van der Waals surface area contributed by atoms with Crippen molar-refractivity contribution in [1.82, 2.24) is 10.6 Å². The second kappa shape index (κ2) is 7.17. The minimum absolute atomic E-state index is 0.423. The summed E-state index contributed by atoms with van der Waals surface area (Å²) in [5, 5.41) is 7.34. The summed E-state index contributed by atoms with van der Waals surface area (Å²) in [6.45, 7) is 5.02. The molecule has 0 bridgehead atoms. The van der Waals surface area contributed by atoms with Crippen molar-refractivity contribution in [2.45, 2.75) is 32.9 Å². The van der Waals surface area contributed by atoms with Crippen molar-refractivity contribution in [3.63, 3.8) is 0 Å². The quantitative estimate of drug-likeness (QED) is 0.640. The highest BCUT2D eigenvalue weighted by Gasteiger charge is 2.02. The van der Waals surface area contributed by atoms with Crippen molar-refractivity contribution in [3.8, 4) is 0 Å². The van der Waals surface area contributed by atoms with Gasteiger partial charge in [0, 0.05) is 24.7 Å². The topological polar surface area (TPSA) is 36.4 Å². The number of benzene rings is 1. The molecule has 0 aliphatic heterocycles. The molecule has 0 radical (unpaired) electrons. The molecule has 2 N–H and O–H groups in total. The predicted molar refractivity (Wildman–Crippen MR) is 74.5 cm³/mol. The van der Waals surface area contributed by atoms with Crippen LogP contribution in [0.5, 0.6) is 0 Å². The third kappa shape index (κ3) is 5.09. The molecular formula is C13H20ClN3. The second-order valence-corrected chi connectivity index (χ2v) is 4.44. The lowest BCUT2D eigenvalue weighted by Gasteiger charge is -2.16. The van der Waals surface area contributed by atoms with Gasteiger partial charge in [0.2, 0.25) is 0 Å². The Balaban J connectivity index is 2.45. The highest BCUT2D eigenvalue weighted by molar-refractivity contribution is 6.30. The molecule has 1 aromatic carbocycles. The maximum Gasteiger partial charge on any atom is 0.191 e. The SMILES string of the molecule is CCC(C)NC(=NC)NCc1ccc(Cl)cc1. The van der Waals surface area contributed by atoms with Crippen molar-refractivity contribution >= 4 is 17.6 Å². The van der Waals surface area contributed by atoms with E-state index in [1.54, 1.807) is 7.05 Å². The maximum absolute atomic E-state index is 5.83. The van der Waals surface area contributed by atoms with E-state index in [1.165, 1.54) is 5.56 Å². The summed E-state index contributed by atoms with van der Waals surface area (Å²) in [7, 11) is 1.78. The molecule has 1 atom stereocenters. The lowest BCUT2D eigenvalue weighted by atomic mass is 10.2. The van der Waals surface area contributed by atoms with Gasteiger partial charge >= 0.3 is 0 Å². The number of nitrogens with zero attached hydrogens (tertiary/aromatic N) is 1. The summed E-state index contributed by atoms with van der Waals surface area (Å²) in [4.78, 5) is 4.18. The van der Waals surface area contributed by atoms with Crippen LogP contribution in [0.3, 0.4) is 0 Å². The van der Waals surface area contributed by atoms with Crippen molar-refractivity contribution in [2.75, 3.05) is 7.05 Å². The Bertz CT molecular complexity index is 359. The first-order chi connectivity index (χ1) is 8.15. The molecule has 0 aromatic heterocycles. The molecule has 0 heterocycles. The predicted octanol–water partition coefficient (Wildman–Crippen LogP) is 2.80. The molecule has 1 aromatic rings. The van der Waals surface area contributed by atoms with Gasteiger partial charge in [0.25, 0.3) is 0 Å². The van der Waals surface area contributed by atoms with Crippen LogP contribution >= 0.6 is 11.6 Å². The van der Waals surface area contributed by atoms with Gasteiger partial charge in [0.05, 0.1) is 0 Å². The molecule has 94 valence electrons. The number of halogens is 1. The standard InChI is InChI=1S/C13H20ClN3/c1-4-10(2)17-13(15-3)16-9-11-5-7-12(14)8-6-11/h5-8,10H,4,9H2,1-3H3,(H2,15,16,17). The normalized spacial score (nSPS) is 13.3. The number of hydrogen-bond donors (Lipinski definition) is 2. The molecule has 0 amide bonds. The van der Waals surface area contributed by atoms with Gasteiger partial charge in [-0.15, -0.1) is 0 Å². The Hall–Kier alpha value is -1.22. The minimum Gasteiger partial charge on any atom is -0.354 e. The molecule has 0 spiro atoms. The van der Waals surface area contributed by atoms with E-state index in [2.05, 4.69) is 29.5 Å². The third-order valence-electron chi connectivity index (χ3n) is 2.59. The summed E-state index contributed by atoms with van der Waals surface area (Å²) < 4.78 is 0. The van der Waals surface area contributed by atoms with Crippen LogP contribution in [0.25, 0.3) is 0 Å². The number of rotatable bonds is 4. The number of aliphatic imine (C=N–C) groups is 1. The van der Waals surface area contributed by atoms with Crippen LogP contribution in [0.15, 0.2) is 29.3 Å². The van der Waals surface area contributed by atoms with E-state index in [1.807, 2.05) is 24.3 Å². The maximum atomic E-state index is 5.83. The molecule has 0 saturated heterocycles. The lowest BCUT2D eigenvalue weighted by Crippen LogP contribution is -2.41. The first-order valence-electron chi connectivity index (χ1n) is 5.87. The first-order valence-corrected chi connectivity index (χ1v) is 6.25. The molecule has 1 unspecified atom stereocenters. The number of guanidine groups is 1. The molecule has 4 heteroatoms. The van der Waals surface area contributed by atoms with Gasteiger partial charge in [-0.1, -0.05) is 30.7 Å². The van der Waals surface area contributed by atoms with Crippen molar-refractivity contribution in [2.24, 2.45) is 4.99 Å². The van der Waals surface area contributed by atoms with Crippen LogP contribution in [0.2, 0.25) is 5.02 Å². The fourth-order valence-corrected chi connectivity index (χ4v) is 1.44. The van der Waals surface area contributed by atoms with Gasteiger partial charge in [-0.05, 0) is 31.0 Å². The van der Waals surface area contributed by atoms with Crippen molar-refractivity contribution in [3.05, 3.63) is 34.9 Å². The molecule has 1 rings (SSSR count). The van der Waals surface area contributed by atoms with Crippen molar-refractivity contribution in [1.29, 1.82) is 0 Å².